The number of hydrogen-bond acceptors (Lipinski definition) is 6. The molecule has 2 aromatic heterocycles. The average molecular weight is 548 g/mol. The van der Waals surface area contributed by atoms with Crippen molar-refractivity contribution in [2.24, 2.45) is 0 Å². The van der Waals surface area contributed by atoms with Gasteiger partial charge in [0.2, 0.25) is 0 Å². The summed E-state index contributed by atoms with van der Waals surface area (Å²) in [7, 11) is 3.85. The van der Waals surface area contributed by atoms with Crippen LogP contribution in [-0.2, 0) is 6.54 Å². The Bertz CT molecular complexity index is 1710. The van der Waals surface area contributed by atoms with Crippen LogP contribution in [0.1, 0.15) is 37.3 Å². The van der Waals surface area contributed by atoms with E-state index in [4.69, 9.17) is 5.11 Å². The molecule has 0 aliphatic heterocycles. The first kappa shape index (κ1) is 27.1. The standard InChI is InChI=1S/C29H30FN5O5/c1-33(2)16-18-13-23(36)10-11-24(18)17-4-3-5-22(12-17)34-26-25(14-19(30)15-31-26)27(37)35(29(34)40)21-8-6-20(7-9-21)32-28(38)39/h3-5,10-15,20-21,32,36H,6-9,16H2,1-2H3,(H,38,39)/t20-,21+. The van der Waals surface area contributed by atoms with Crippen molar-refractivity contribution in [3.63, 3.8) is 0 Å². The molecule has 0 bridgehead atoms. The highest BCUT2D eigenvalue weighted by molar-refractivity contribution is 5.77. The third-order valence-corrected chi connectivity index (χ3v) is 7.27. The molecule has 208 valence electrons. The van der Waals surface area contributed by atoms with Crippen molar-refractivity contribution in [1.29, 1.82) is 0 Å². The molecule has 0 radical (unpaired) electrons. The van der Waals surface area contributed by atoms with Crippen LogP contribution in [0.4, 0.5) is 9.18 Å². The largest absolute Gasteiger partial charge is 0.508 e. The van der Waals surface area contributed by atoms with Crippen molar-refractivity contribution < 1.29 is 19.4 Å². The molecule has 1 saturated carbocycles. The zero-order chi connectivity index (χ0) is 28.6. The Kier molecular flexibility index (Phi) is 7.40. The lowest BCUT2D eigenvalue weighted by Gasteiger charge is -2.29. The summed E-state index contributed by atoms with van der Waals surface area (Å²) in [5.74, 6) is -0.549. The number of phenolic OH excluding ortho intramolecular Hbond substituents is 1. The van der Waals surface area contributed by atoms with Gasteiger partial charge in [0.1, 0.15) is 11.6 Å². The molecule has 0 unspecified atom stereocenters. The highest BCUT2D eigenvalue weighted by Gasteiger charge is 2.28. The SMILES string of the molecule is CN(C)Cc1cc(O)ccc1-c1cccc(-n2c(=O)n([C@H]3CC[C@@H](NC(=O)O)CC3)c(=O)c3cc(F)cnc32)c1. The quantitative estimate of drug-likeness (QED) is 0.334. The predicted molar refractivity (Wildman–Crippen MR) is 149 cm³/mol. The van der Waals surface area contributed by atoms with Crippen LogP contribution in [0.2, 0.25) is 0 Å². The molecule has 10 nitrogen and oxygen atoms in total. The van der Waals surface area contributed by atoms with Crippen LogP contribution >= 0.6 is 0 Å². The summed E-state index contributed by atoms with van der Waals surface area (Å²) in [5, 5.41) is 21.6. The number of aromatic hydroxyl groups is 1. The molecule has 0 atom stereocenters. The molecule has 11 heteroatoms. The summed E-state index contributed by atoms with van der Waals surface area (Å²) in [4.78, 5) is 44.7. The summed E-state index contributed by atoms with van der Waals surface area (Å²) >= 11 is 0. The Balaban J connectivity index is 1.66. The van der Waals surface area contributed by atoms with Crippen molar-refractivity contribution in [3.05, 3.63) is 86.9 Å². The molecule has 40 heavy (non-hydrogen) atoms. The second-order valence-electron chi connectivity index (χ2n) is 10.4. The molecule has 5 rings (SSSR count). The Labute approximate surface area is 228 Å². The number of carboxylic acid groups (broad SMARTS) is 1. The molecular formula is C29H30FN5O5. The molecule has 0 saturated heterocycles. The third kappa shape index (κ3) is 5.32. The first-order valence-corrected chi connectivity index (χ1v) is 13.0. The Morgan fingerprint density at radius 3 is 2.55 bits per heavy atom. The number of hydrogen-bond donors (Lipinski definition) is 3. The van der Waals surface area contributed by atoms with Gasteiger partial charge in [-0.2, -0.15) is 0 Å². The van der Waals surface area contributed by atoms with Gasteiger partial charge < -0.3 is 20.4 Å². The minimum absolute atomic E-state index is 0.0197. The van der Waals surface area contributed by atoms with Gasteiger partial charge in [-0.3, -0.25) is 9.36 Å². The maximum absolute atomic E-state index is 14.3. The van der Waals surface area contributed by atoms with Gasteiger partial charge in [-0.05, 0) is 86.8 Å². The second kappa shape index (κ2) is 10.9. The van der Waals surface area contributed by atoms with E-state index in [-0.39, 0.29) is 22.8 Å². The minimum Gasteiger partial charge on any atom is -0.508 e. The molecule has 1 aliphatic rings. The third-order valence-electron chi connectivity index (χ3n) is 7.27. The van der Waals surface area contributed by atoms with E-state index in [0.29, 0.717) is 37.9 Å². The van der Waals surface area contributed by atoms with E-state index in [2.05, 4.69) is 10.3 Å². The number of aromatic nitrogens is 3. The molecule has 1 amide bonds. The predicted octanol–water partition coefficient (Wildman–Crippen LogP) is 3.87. The molecule has 1 fully saturated rings. The summed E-state index contributed by atoms with van der Waals surface area (Å²) in [6.45, 7) is 0.571. The van der Waals surface area contributed by atoms with Crippen molar-refractivity contribution in [2.75, 3.05) is 14.1 Å². The summed E-state index contributed by atoms with van der Waals surface area (Å²) in [5.41, 5.74) is 1.81. The van der Waals surface area contributed by atoms with Crippen molar-refractivity contribution >= 4 is 17.1 Å². The summed E-state index contributed by atoms with van der Waals surface area (Å²) in [6.07, 6.45) is 1.62. The lowest BCUT2D eigenvalue weighted by molar-refractivity contribution is 0.182. The number of phenols is 1. The van der Waals surface area contributed by atoms with Crippen LogP contribution in [0, 0.1) is 5.82 Å². The van der Waals surface area contributed by atoms with E-state index >= 15 is 0 Å². The van der Waals surface area contributed by atoms with Crippen molar-refractivity contribution in [2.45, 2.75) is 44.3 Å². The van der Waals surface area contributed by atoms with E-state index < -0.39 is 29.2 Å². The van der Waals surface area contributed by atoms with Crippen LogP contribution in [0.3, 0.4) is 0 Å². The Morgan fingerprint density at radius 2 is 1.85 bits per heavy atom. The number of fused-ring (bicyclic) bond motifs is 1. The van der Waals surface area contributed by atoms with E-state index in [0.717, 1.165) is 33.5 Å². The molecule has 4 aromatic rings. The van der Waals surface area contributed by atoms with Crippen LogP contribution in [-0.4, -0.2) is 55.5 Å². The van der Waals surface area contributed by atoms with Gasteiger partial charge >= 0.3 is 11.8 Å². The maximum atomic E-state index is 14.3. The molecule has 3 N–H and O–H groups in total. The van der Waals surface area contributed by atoms with Crippen molar-refractivity contribution in [1.82, 2.24) is 24.3 Å². The lowest BCUT2D eigenvalue weighted by atomic mass is 9.91. The smallest absolute Gasteiger partial charge is 0.404 e. The summed E-state index contributed by atoms with van der Waals surface area (Å²) < 4.78 is 16.8. The van der Waals surface area contributed by atoms with Gasteiger partial charge in [0, 0.05) is 18.6 Å². The molecule has 1 aliphatic carbocycles. The van der Waals surface area contributed by atoms with E-state index in [1.54, 1.807) is 30.3 Å². The average Bonchev–Trinajstić information content (AvgIpc) is 2.90. The van der Waals surface area contributed by atoms with Crippen LogP contribution in [0.15, 0.2) is 64.3 Å². The van der Waals surface area contributed by atoms with Crippen LogP contribution in [0.25, 0.3) is 27.8 Å². The van der Waals surface area contributed by atoms with Gasteiger partial charge in [-0.15, -0.1) is 0 Å². The van der Waals surface area contributed by atoms with Gasteiger partial charge in [0.05, 0.1) is 17.3 Å². The number of rotatable bonds is 6. The lowest BCUT2D eigenvalue weighted by Crippen LogP contribution is -2.45. The highest BCUT2D eigenvalue weighted by Crippen LogP contribution is 2.30. The van der Waals surface area contributed by atoms with E-state index in [1.807, 2.05) is 31.1 Å². The number of pyridine rings is 1. The van der Waals surface area contributed by atoms with Crippen molar-refractivity contribution in [3.8, 4) is 22.6 Å². The van der Waals surface area contributed by atoms with Crippen LogP contribution < -0.4 is 16.6 Å². The number of amides is 1. The molecule has 0 spiro atoms. The number of carbonyl (C=O) groups is 1. The fourth-order valence-corrected chi connectivity index (χ4v) is 5.54. The first-order chi connectivity index (χ1) is 19.1. The zero-order valence-corrected chi connectivity index (χ0v) is 22.2. The monoisotopic (exact) mass is 547 g/mol. The number of halogens is 1. The fraction of sp³-hybridized carbons (Fsp3) is 0.310. The Hall–Kier alpha value is -4.51. The normalized spacial score (nSPS) is 17.3. The maximum Gasteiger partial charge on any atom is 0.404 e. The fourth-order valence-electron chi connectivity index (χ4n) is 5.54. The minimum atomic E-state index is -1.11. The van der Waals surface area contributed by atoms with Gasteiger partial charge in [0.25, 0.3) is 5.56 Å². The highest BCUT2D eigenvalue weighted by atomic mass is 19.1. The van der Waals surface area contributed by atoms with E-state index in [9.17, 15) is 23.9 Å². The van der Waals surface area contributed by atoms with Gasteiger partial charge in [-0.25, -0.2) is 23.5 Å². The molecular weight excluding hydrogens is 517 g/mol. The molecule has 2 aromatic carbocycles. The number of benzene rings is 2. The number of nitrogens with one attached hydrogen (secondary N) is 1. The van der Waals surface area contributed by atoms with Crippen LogP contribution in [0.5, 0.6) is 5.75 Å². The topological polar surface area (TPSA) is 130 Å². The number of nitrogens with zero attached hydrogens (tertiary/aromatic N) is 4. The summed E-state index contributed by atoms with van der Waals surface area (Å²) in [6, 6.07) is 12.7. The van der Waals surface area contributed by atoms with Gasteiger partial charge in [0.15, 0.2) is 5.65 Å². The molecule has 2 heterocycles. The zero-order valence-electron chi connectivity index (χ0n) is 22.2. The van der Waals surface area contributed by atoms with E-state index in [1.165, 1.54) is 4.57 Å². The second-order valence-corrected chi connectivity index (χ2v) is 10.4. The Morgan fingerprint density at radius 1 is 1.10 bits per heavy atom. The van der Waals surface area contributed by atoms with Gasteiger partial charge in [-0.1, -0.05) is 18.2 Å². The first-order valence-electron chi connectivity index (χ1n) is 13.0.